The van der Waals surface area contributed by atoms with Crippen LogP contribution < -0.4 is 0 Å². The van der Waals surface area contributed by atoms with Gasteiger partial charge in [0, 0.05) is 10.0 Å². The largest absolute Gasteiger partial charge is 0.473 e. The second kappa shape index (κ2) is 5.48. The van der Waals surface area contributed by atoms with Gasteiger partial charge in [0.2, 0.25) is 0 Å². The Bertz CT molecular complexity index is 492. The van der Waals surface area contributed by atoms with Crippen molar-refractivity contribution in [2.24, 2.45) is 4.99 Å². The normalized spacial score (nSPS) is 21.7. The van der Waals surface area contributed by atoms with E-state index in [1.54, 1.807) is 13.0 Å². The summed E-state index contributed by atoms with van der Waals surface area (Å²) >= 11 is 3.25. The van der Waals surface area contributed by atoms with E-state index in [9.17, 15) is 9.18 Å². The molecule has 2 rings (SSSR count). The number of hydrogen-bond donors (Lipinski definition) is 0. The van der Waals surface area contributed by atoms with E-state index in [0.29, 0.717) is 10.0 Å². The molecule has 2 unspecified atom stereocenters. The Hall–Kier alpha value is -1.43. The number of benzene rings is 1. The van der Waals surface area contributed by atoms with Crippen LogP contribution in [-0.4, -0.2) is 25.0 Å². The van der Waals surface area contributed by atoms with Crippen LogP contribution in [0.5, 0.6) is 0 Å². The Morgan fingerprint density at radius 1 is 1.61 bits per heavy atom. The standard InChI is InChI=1S/C12H11BrFNO3/c1-2-17-12(16)10-11(18-6-15-10)8-4-3-7(14)5-9(8)13/h3-6,10-11H,2H2,1H3. The van der Waals surface area contributed by atoms with E-state index in [1.165, 1.54) is 18.5 Å². The number of carbonyl (C=O) groups excluding carboxylic acids is 1. The van der Waals surface area contributed by atoms with E-state index in [-0.39, 0.29) is 12.4 Å². The molecular formula is C12H11BrFNO3. The highest BCUT2D eigenvalue weighted by Gasteiger charge is 2.36. The van der Waals surface area contributed by atoms with Crippen LogP contribution in [-0.2, 0) is 14.3 Å². The van der Waals surface area contributed by atoms with Gasteiger partial charge in [-0.3, -0.25) is 0 Å². The minimum Gasteiger partial charge on any atom is -0.473 e. The van der Waals surface area contributed by atoms with Gasteiger partial charge in [-0.05, 0) is 19.1 Å². The van der Waals surface area contributed by atoms with Gasteiger partial charge in [0.25, 0.3) is 0 Å². The van der Waals surface area contributed by atoms with Crippen LogP contribution >= 0.6 is 15.9 Å². The van der Waals surface area contributed by atoms with Crippen molar-refractivity contribution in [2.75, 3.05) is 6.61 Å². The van der Waals surface area contributed by atoms with E-state index < -0.39 is 18.1 Å². The van der Waals surface area contributed by atoms with Crippen LogP contribution in [0.3, 0.4) is 0 Å². The fourth-order valence-corrected chi connectivity index (χ4v) is 2.28. The predicted octanol–water partition coefficient (Wildman–Crippen LogP) is 2.62. The van der Waals surface area contributed by atoms with E-state index in [2.05, 4.69) is 20.9 Å². The number of ether oxygens (including phenoxy) is 2. The Balaban J connectivity index is 2.24. The average Bonchev–Trinajstić information content (AvgIpc) is 2.78. The van der Waals surface area contributed by atoms with Gasteiger partial charge < -0.3 is 9.47 Å². The van der Waals surface area contributed by atoms with Gasteiger partial charge in [-0.25, -0.2) is 14.2 Å². The fraction of sp³-hybridized carbons (Fsp3) is 0.333. The molecular weight excluding hydrogens is 305 g/mol. The minimum atomic E-state index is -0.744. The molecule has 96 valence electrons. The number of aliphatic imine (C=N–C) groups is 1. The van der Waals surface area contributed by atoms with Crippen LogP contribution in [0.15, 0.2) is 27.7 Å². The molecule has 0 radical (unpaired) electrons. The number of hydrogen-bond acceptors (Lipinski definition) is 4. The van der Waals surface area contributed by atoms with Crippen LogP contribution in [0.1, 0.15) is 18.6 Å². The van der Waals surface area contributed by atoms with Gasteiger partial charge >= 0.3 is 5.97 Å². The van der Waals surface area contributed by atoms with E-state index >= 15 is 0 Å². The molecule has 18 heavy (non-hydrogen) atoms. The van der Waals surface area contributed by atoms with E-state index in [0.717, 1.165) is 0 Å². The van der Waals surface area contributed by atoms with Crippen LogP contribution in [0.25, 0.3) is 0 Å². The van der Waals surface area contributed by atoms with Crippen molar-refractivity contribution in [3.63, 3.8) is 0 Å². The minimum absolute atomic E-state index is 0.280. The summed E-state index contributed by atoms with van der Waals surface area (Å²) < 4.78 is 23.8. The first-order valence-corrected chi connectivity index (χ1v) is 6.21. The molecule has 1 aliphatic heterocycles. The third-order valence-electron chi connectivity index (χ3n) is 2.51. The van der Waals surface area contributed by atoms with E-state index in [4.69, 9.17) is 9.47 Å². The lowest BCUT2D eigenvalue weighted by atomic mass is 10.0. The molecule has 6 heteroatoms. The average molecular weight is 316 g/mol. The zero-order valence-electron chi connectivity index (χ0n) is 9.60. The Kier molecular flexibility index (Phi) is 3.96. The fourth-order valence-electron chi connectivity index (χ4n) is 1.71. The SMILES string of the molecule is CCOC(=O)C1N=COC1c1ccc(F)cc1Br. The van der Waals surface area contributed by atoms with Crippen LogP contribution in [0.2, 0.25) is 0 Å². The van der Waals surface area contributed by atoms with E-state index in [1.807, 2.05) is 0 Å². The van der Waals surface area contributed by atoms with Gasteiger partial charge in [-0.2, -0.15) is 0 Å². The van der Waals surface area contributed by atoms with Crippen molar-refractivity contribution in [2.45, 2.75) is 19.1 Å². The van der Waals surface area contributed by atoms with Gasteiger partial charge in [0.05, 0.1) is 6.61 Å². The maximum Gasteiger partial charge on any atom is 0.335 e. The number of esters is 1. The zero-order valence-corrected chi connectivity index (χ0v) is 11.2. The van der Waals surface area contributed by atoms with Crippen molar-refractivity contribution in [3.05, 3.63) is 34.1 Å². The summed E-state index contributed by atoms with van der Waals surface area (Å²) in [5, 5.41) is 0. The highest BCUT2D eigenvalue weighted by Crippen LogP contribution is 2.33. The van der Waals surface area contributed by atoms with Gasteiger partial charge in [0.15, 0.2) is 18.5 Å². The van der Waals surface area contributed by atoms with Crippen molar-refractivity contribution >= 4 is 28.3 Å². The monoisotopic (exact) mass is 315 g/mol. The summed E-state index contributed by atoms with van der Waals surface area (Å²) in [5.41, 5.74) is 0.659. The number of halogens is 2. The molecule has 4 nitrogen and oxygen atoms in total. The molecule has 0 bridgehead atoms. The topological polar surface area (TPSA) is 47.9 Å². The molecule has 1 aromatic carbocycles. The van der Waals surface area contributed by atoms with Crippen LogP contribution in [0.4, 0.5) is 4.39 Å². The molecule has 1 heterocycles. The summed E-state index contributed by atoms with van der Waals surface area (Å²) in [6, 6.07) is 3.44. The number of rotatable bonds is 3. The first-order chi connectivity index (χ1) is 8.63. The lowest BCUT2D eigenvalue weighted by Gasteiger charge is -2.17. The quantitative estimate of drug-likeness (QED) is 0.806. The Morgan fingerprint density at radius 3 is 3.06 bits per heavy atom. The molecule has 0 saturated carbocycles. The highest BCUT2D eigenvalue weighted by atomic mass is 79.9. The highest BCUT2D eigenvalue weighted by molar-refractivity contribution is 9.10. The summed E-state index contributed by atoms with van der Waals surface area (Å²) in [5.74, 6) is -0.815. The Labute approximate surface area is 112 Å². The maximum atomic E-state index is 13.0. The lowest BCUT2D eigenvalue weighted by molar-refractivity contribution is -0.146. The lowest BCUT2D eigenvalue weighted by Crippen LogP contribution is -2.26. The molecule has 0 fully saturated rings. The summed E-state index contributed by atoms with van der Waals surface area (Å²) in [4.78, 5) is 15.6. The molecule has 0 aliphatic carbocycles. The summed E-state index contributed by atoms with van der Waals surface area (Å²) in [6.45, 7) is 2.00. The van der Waals surface area contributed by atoms with Crippen molar-refractivity contribution in [1.29, 1.82) is 0 Å². The smallest absolute Gasteiger partial charge is 0.335 e. The van der Waals surface area contributed by atoms with Crippen molar-refractivity contribution in [3.8, 4) is 0 Å². The molecule has 0 amide bonds. The third-order valence-corrected chi connectivity index (χ3v) is 3.20. The van der Waals surface area contributed by atoms with Crippen molar-refractivity contribution < 1.29 is 18.7 Å². The predicted molar refractivity (Wildman–Crippen MR) is 66.8 cm³/mol. The molecule has 0 aromatic heterocycles. The summed E-state index contributed by atoms with van der Waals surface area (Å²) in [7, 11) is 0. The van der Waals surface area contributed by atoms with Crippen LogP contribution in [0, 0.1) is 5.82 Å². The number of nitrogens with zero attached hydrogens (tertiary/aromatic N) is 1. The van der Waals surface area contributed by atoms with Gasteiger partial charge in [-0.1, -0.05) is 22.0 Å². The first kappa shape index (κ1) is 13.0. The zero-order chi connectivity index (χ0) is 13.1. The second-order valence-electron chi connectivity index (χ2n) is 3.67. The maximum absolute atomic E-state index is 13.0. The molecule has 0 N–H and O–H groups in total. The second-order valence-corrected chi connectivity index (χ2v) is 4.53. The molecule has 1 aliphatic rings. The molecule has 0 spiro atoms. The summed E-state index contributed by atoms with van der Waals surface area (Å²) in [6.07, 6.45) is 0.640. The molecule has 1 aromatic rings. The Morgan fingerprint density at radius 2 is 2.39 bits per heavy atom. The third kappa shape index (κ3) is 2.53. The van der Waals surface area contributed by atoms with Crippen molar-refractivity contribution in [1.82, 2.24) is 0 Å². The number of carbonyl (C=O) groups is 1. The van der Waals surface area contributed by atoms with Gasteiger partial charge in [-0.15, -0.1) is 0 Å². The molecule has 0 saturated heterocycles. The first-order valence-electron chi connectivity index (χ1n) is 5.42. The van der Waals surface area contributed by atoms with Gasteiger partial charge in [0.1, 0.15) is 5.82 Å². The molecule has 2 atom stereocenters.